The van der Waals surface area contributed by atoms with Gasteiger partial charge in [-0.3, -0.25) is 4.90 Å². The SMILES string of the molecule is CCCN1CCC(C#N)(N(CC)CC)CC1. The molecule has 1 saturated heterocycles. The van der Waals surface area contributed by atoms with Crippen LogP contribution in [0.4, 0.5) is 0 Å². The van der Waals surface area contributed by atoms with Crippen molar-refractivity contribution >= 4 is 0 Å². The molecule has 0 saturated carbocycles. The van der Waals surface area contributed by atoms with Crippen molar-refractivity contribution < 1.29 is 0 Å². The fourth-order valence-corrected chi connectivity index (χ4v) is 2.79. The van der Waals surface area contributed by atoms with E-state index in [0.717, 1.165) is 39.0 Å². The maximum Gasteiger partial charge on any atom is 0.111 e. The van der Waals surface area contributed by atoms with E-state index in [9.17, 15) is 5.26 Å². The predicted molar refractivity (Wildman–Crippen MR) is 67.2 cm³/mol. The normalized spacial score (nSPS) is 20.9. The fraction of sp³-hybridized carbons (Fsp3) is 0.923. The topological polar surface area (TPSA) is 30.3 Å². The van der Waals surface area contributed by atoms with Crippen molar-refractivity contribution in [3.63, 3.8) is 0 Å². The average molecular weight is 223 g/mol. The van der Waals surface area contributed by atoms with Crippen LogP contribution in [0, 0.1) is 11.3 Å². The standard InChI is InChI=1S/C13H25N3/c1-4-9-15-10-7-13(12-14,8-11-15)16(5-2)6-3/h4-11H2,1-3H3. The van der Waals surface area contributed by atoms with Gasteiger partial charge in [0.25, 0.3) is 0 Å². The van der Waals surface area contributed by atoms with Crippen molar-refractivity contribution in [1.29, 1.82) is 5.26 Å². The Morgan fingerprint density at radius 2 is 1.75 bits per heavy atom. The minimum absolute atomic E-state index is 0.187. The van der Waals surface area contributed by atoms with Crippen LogP contribution in [0.25, 0.3) is 0 Å². The van der Waals surface area contributed by atoms with E-state index in [1.165, 1.54) is 13.0 Å². The third-order valence-corrected chi connectivity index (χ3v) is 3.80. The molecule has 0 unspecified atom stereocenters. The first-order valence-corrected chi connectivity index (χ1v) is 6.61. The molecule has 1 fully saturated rings. The molecular formula is C13H25N3. The summed E-state index contributed by atoms with van der Waals surface area (Å²) in [4.78, 5) is 4.81. The summed E-state index contributed by atoms with van der Waals surface area (Å²) in [5, 5.41) is 9.48. The molecule has 0 bridgehead atoms. The maximum atomic E-state index is 9.48. The van der Waals surface area contributed by atoms with Crippen molar-refractivity contribution in [3.8, 4) is 6.07 Å². The van der Waals surface area contributed by atoms with Gasteiger partial charge in [0.1, 0.15) is 5.54 Å². The maximum absolute atomic E-state index is 9.48. The van der Waals surface area contributed by atoms with Crippen molar-refractivity contribution in [1.82, 2.24) is 9.80 Å². The first-order chi connectivity index (χ1) is 7.72. The minimum Gasteiger partial charge on any atom is -0.303 e. The highest BCUT2D eigenvalue weighted by Gasteiger charge is 2.38. The number of nitrogens with zero attached hydrogens (tertiary/aromatic N) is 3. The summed E-state index contributed by atoms with van der Waals surface area (Å²) in [7, 11) is 0. The fourth-order valence-electron chi connectivity index (χ4n) is 2.79. The van der Waals surface area contributed by atoms with E-state index in [4.69, 9.17) is 0 Å². The molecule has 0 N–H and O–H groups in total. The molecule has 3 nitrogen and oxygen atoms in total. The van der Waals surface area contributed by atoms with Crippen molar-refractivity contribution in [2.45, 2.75) is 45.6 Å². The Labute approximate surface area is 100 Å². The van der Waals surface area contributed by atoms with Crippen LogP contribution in [0.1, 0.15) is 40.0 Å². The molecule has 1 aliphatic rings. The lowest BCUT2D eigenvalue weighted by atomic mass is 9.87. The Morgan fingerprint density at radius 3 is 2.12 bits per heavy atom. The summed E-state index contributed by atoms with van der Waals surface area (Å²) in [6.07, 6.45) is 3.22. The van der Waals surface area contributed by atoms with Crippen LogP contribution >= 0.6 is 0 Å². The van der Waals surface area contributed by atoms with Gasteiger partial charge in [0.2, 0.25) is 0 Å². The van der Waals surface area contributed by atoms with Crippen molar-refractivity contribution in [3.05, 3.63) is 0 Å². The number of likely N-dealkylation sites (tertiary alicyclic amines) is 1. The minimum atomic E-state index is -0.187. The largest absolute Gasteiger partial charge is 0.303 e. The van der Waals surface area contributed by atoms with E-state index in [0.29, 0.717) is 0 Å². The van der Waals surface area contributed by atoms with Gasteiger partial charge >= 0.3 is 0 Å². The quantitative estimate of drug-likeness (QED) is 0.715. The van der Waals surface area contributed by atoms with Gasteiger partial charge in [0, 0.05) is 13.1 Å². The molecule has 92 valence electrons. The van der Waals surface area contributed by atoms with Crippen LogP contribution < -0.4 is 0 Å². The van der Waals surface area contributed by atoms with Gasteiger partial charge < -0.3 is 4.90 Å². The zero-order valence-corrected chi connectivity index (χ0v) is 11.0. The first-order valence-electron chi connectivity index (χ1n) is 6.61. The van der Waals surface area contributed by atoms with Gasteiger partial charge in [0.05, 0.1) is 6.07 Å². The van der Waals surface area contributed by atoms with E-state index in [2.05, 4.69) is 36.6 Å². The van der Waals surface area contributed by atoms with E-state index in [-0.39, 0.29) is 5.54 Å². The van der Waals surface area contributed by atoms with E-state index >= 15 is 0 Å². The average Bonchev–Trinajstić information content (AvgIpc) is 2.33. The summed E-state index contributed by atoms with van der Waals surface area (Å²) in [5.41, 5.74) is -0.187. The molecule has 1 aliphatic heterocycles. The molecule has 0 radical (unpaired) electrons. The van der Waals surface area contributed by atoms with Crippen molar-refractivity contribution in [2.75, 3.05) is 32.7 Å². The summed E-state index contributed by atoms with van der Waals surface area (Å²) in [5.74, 6) is 0. The molecule has 1 rings (SSSR count). The Balaban J connectivity index is 2.61. The van der Waals surface area contributed by atoms with Gasteiger partial charge in [-0.2, -0.15) is 5.26 Å². The second kappa shape index (κ2) is 6.22. The third-order valence-electron chi connectivity index (χ3n) is 3.80. The molecule has 0 aliphatic carbocycles. The zero-order chi connectivity index (χ0) is 12.0. The molecule has 0 spiro atoms. The van der Waals surface area contributed by atoms with Crippen LogP contribution in [-0.2, 0) is 0 Å². The molecule has 0 aromatic rings. The number of hydrogen-bond acceptors (Lipinski definition) is 3. The van der Waals surface area contributed by atoms with Crippen LogP contribution in [0.5, 0.6) is 0 Å². The molecule has 0 aromatic heterocycles. The summed E-state index contributed by atoms with van der Waals surface area (Å²) in [6.45, 7) is 11.8. The van der Waals surface area contributed by atoms with E-state index in [1.807, 2.05) is 0 Å². The smallest absolute Gasteiger partial charge is 0.111 e. The molecule has 0 aromatic carbocycles. The molecule has 16 heavy (non-hydrogen) atoms. The highest BCUT2D eigenvalue weighted by molar-refractivity contribution is 5.10. The van der Waals surface area contributed by atoms with Crippen LogP contribution in [-0.4, -0.2) is 48.1 Å². The summed E-state index contributed by atoms with van der Waals surface area (Å²) >= 11 is 0. The van der Waals surface area contributed by atoms with E-state index < -0.39 is 0 Å². The lowest BCUT2D eigenvalue weighted by Gasteiger charge is -2.43. The van der Waals surface area contributed by atoms with Crippen LogP contribution in [0.3, 0.4) is 0 Å². The summed E-state index contributed by atoms with van der Waals surface area (Å²) < 4.78 is 0. The van der Waals surface area contributed by atoms with Gasteiger partial charge in [-0.25, -0.2) is 0 Å². The Kier molecular flexibility index (Phi) is 5.24. The molecule has 1 heterocycles. The highest BCUT2D eigenvalue weighted by Crippen LogP contribution is 2.28. The van der Waals surface area contributed by atoms with Gasteiger partial charge in [-0.05, 0) is 38.9 Å². The number of hydrogen-bond donors (Lipinski definition) is 0. The number of piperidine rings is 1. The van der Waals surface area contributed by atoms with Gasteiger partial charge in [-0.15, -0.1) is 0 Å². The van der Waals surface area contributed by atoms with Gasteiger partial charge in [0.15, 0.2) is 0 Å². The number of nitriles is 1. The third kappa shape index (κ3) is 2.75. The summed E-state index contributed by atoms with van der Waals surface area (Å²) in [6, 6.07) is 2.58. The molecule has 0 amide bonds. The second-order valence-electron chi connectivity index (χ2n) is 4.66. The molecular weight excluding hydrogens is 198 g/mol. The monoisotopic (exact) mass is 223 g/mol. The van der Waals surface area contributed by atoms with Crippen LogP contribution in [0.2, 0.25) is 0 Å². The Bertz CT molecular complexity index is 232. The second-order valence-corrected chi connectivity index (χ2v) is 4.66. The lowest BCUT2D eigenvalue weighted by Crippen LogP contribution is -2.54. The van der Waals surface area contributed by atoms with E-state index in [1.54, 1.807) is 0 Å². The Hall–Kier alpha value is -0.590. The molecule has 3 heteroatoms. The molecule has 0 atom stereocenters. The van der Waals surface area contributed by atoms with Gasteiger partial charge in [-0.1, -0.05) is 20.8 Å². The first kappa shape index (κ1) is 13.5. The lowest BCUT2D eigenvalue weighted by molar-refractivity contribution is 0.0685. The predicted octanol–water partition coefficient (Wildman–Crippen LogP) is 2.10. The highest BCUT2D eigenvalue weighted by atomic mass is 15.2. The van der Waals surface area contributed by atoms with Crippen molar-refractivity contribution in [2.24, 2.45) is 0 Å². The number of rotatable bonds is 5. The zero-order valence-electron chi connectivity index (χ0n) is 11.0. The van der Waals surface area contributed by atoms with Crippen LogP contribution in [0.15, 0.2) is 0 Å². The Morgan fingerprint density at radius 1 is 1.19 bits per heavy atom.